The molecule has 0 atom stereocenters. The van der Waals surface area contributed by atoms with Crippen molar-refractivity contribution in [2.24, 2.45) is 4.99 Å². The molecule has 1 aromatic carbocycles. The Balaban J connectivity index is 0.00000441. The second-order valence-electron chi connectivity index (χ2n) is 4.79. The molecular weight excluding hydrogens is 409 g/mol. The summed E-state index contributed by atoms with van der Waals surface area (Å²) in [5, 5.41) is 6.56. The number of aryl methyl sites for hydroxylation is 1. The van der Waals surface area contributed by atoms with E-state index in [-0.39, 0.29) is 24.0 Å². The third-order valence-corrected chi connectivity index (χ3v) is 3.67. The number of benzene rings is 1. The number of ether oxygens (including phenoxy) is 1. The van der Waals surface area contributed by atoms with Crippen LogP contribution in [-0.2, 0) is 0 Å². The van der Waals surface area contributed by atoms with E-state index in [0.717, 1.165) is 24.8 Å². The first kappa shape index (κ1) is 21.4. The van der Waals surface area contributed by atoms with Crippen molar-refractivity contribution in [1.82, 2.24) is 10.6 Å². The van der Waals surface area contributed by atoms with Crippen LogP contribution >= 0.6 is 35.7 Å². The highest BCUT2D eigenvalue weighted by Gasteiger charge is 1.97. The van der Waals surface area contributed by atoms with Gasteiger partial charge in [0.15, 0.2) is 5.96 Å². The van der Waals surface area contributed by atoms with Crippen molar-refractivity contribution in [2.45, 2.75) is 19.8 Å². The summed E-state index contributed by atoms with van der Waals surface area (Å²) in [5.74, 6) is 2.96. The van der Waals surface area contributed by atoms with Crippen LogP contribution in [0.4, 0.5) is 0 Å². The van der Waals surface area contributed by atoms with E-state index in [9.17, 15) is 0 Å². The minimum absolute atomic E-state index is 0. The highest BCUT2D eigenvalue weighted by molar-refractivity contribution is 14.0. The molecule has 0 aliphatic rings. The summed E-state index contributed by atoms with van der Waals surface area (Å²) in [6.45, 7) is 4.38. The Morgan fingerprint density at radius 2 is 1.82 bits per heavy atom. The summed E-state index contributed by atoms with van der Waals surface area (Å²) in [4.78, 5) is 4.20. The van der Waals surface area contributed by atoms with Crippen molar-refractivity contribution in [3.05, 3.63) is 29.8 Å². The zero-order valence-electron chi connectivity index (χ0n) is 13.7. The molecule has 1 rings (SSSR count). The van der Waals surface area contributed by atoms with Gasteiger partial charge in [-0.3, -0.25) is 4.99 Å². The van der Waals surface area contributed by atoms with Gasteiger partial charge in [0, 0.05) is 13.6 Å². The van der Waals surface area contributed by atoms with Gasteiger partial charge in [0.25, 0.3) is 0 Å². The topological polar surface area (TPSA) is 45.7 Å². The molecule has 22 heavy (non-hydrogen) atoms. The van der Waals surface area contributed by atoms with E-state index in [1.807, 2.05) is 23.9 Å². The Kier molecular flexibility index (Phi) is 13.6. The zero-order valence-corrected chi connectivity index (χ0v) is 16.9. The molecule has 0 heterocycles. The summed E-state index contributed by atoms with van der Waals surface area (Å²) in [6, 6.07) is 8.10. The molecule has 0 saturated carbocycles. The summed E-state index contributed by atoms with van der Waals surface area (Å²) in [6.07, 6.45) is 4.55. The second-order valence-corrected chi connectivity index (χ2v) is 5.77. The lowest BCUT2D eigenvalue weighted by Gasteiger charge is -2.12. The lowest BCUT2D eigenvalue weighted by Crippen LogP contribution is -2.39. The Hall–Kier alpha value is -0.630. The van der Waals surface area contributed by atoms with Crippen LogP contribution in [0.2, 0.25) is 0 Å². The molecule has 0 unspecified atom stereocenters. The number of guanidine groups is 1. The second kappa shape index (κ2) is 14.0. The van der Waals surface area contributed by atoms with E-state index >= 15 is 0 Å². The molecule has 0 spiro atoms. The smallest absolute Gasteiger partial charge is 0.191 e. The van der Waals surface area contributed by atoms with Gasteiger partial charge < -0.3 is 15.4 Å². The summed E-state index contributed by atoms with van der Waals surface area (Å²) in [7, 11) is 1.79. The SMILES string of the molecule is CN=C(NCCCCSC)NCCOc1ccc(C)cc1.I. The fourth-order valence-corrected chi connectivity index (χ4v) is 2.26. The van der Waals surface area contributed by atoms with Crippen LogP contribution in [0.25, 0.3) is 0 Å². The van der Waals surface area contributed by atoms with Gasteiger partial charge in [0.1, 0.15) is 12.4 Å². The van der Waals surface area contributed by atoms with E-state index in [1.165, 1.54) is 24.2 Å². The van der Waals surface area contributed by atoms with E-state index in [1.54, 1.807) is 7.05 Å². The van der Waals surface area contributed by atoms with Gasteiger partial charge in [0.05, 0.1) is 6.54 Å². The van der Waals surface area contributed by atoms with E-state index < -0.39 is 0 Å². The standard InChI is InChI=1S/C16H27N3OS.HI/c1-14-6-8-15(9-7-14)20-12-11-19-16(17-2)18-10-4-5-13-21-3;/h6-9H,4-5,10-13H2,1-3H3,(H2,17,18,19);1H. The van der Waals surface area contributed by atoms with Crippen LogP contribution in [-0.4, -0.2) is 44.7 Å². The molecule has 2 N–H and O–H groups in total. The van der Waals surface area contributed by atoms with Gasteiger partial charge in [0.2, 0.25) is 0 Å². The van der Waals surface area contributed by atoms with Gasteiger partial charge in [-0.15, -0.1) is 24.0 Å². The maximum atomic E-state index is 5.67. The summed E-state index contributed by atoms with van der Waals surface area (Å²) < 4.78 is 5.67. The van der Waals surface area contributed by atoms with Crippen LogP contribution in [0.5, 0.6) is 5.75 Å². The lowest BCUT2D eigenvalue weighted by molar-refractivity contribution is 0.322. The minimum atomic E-state index is 0. The van der Waals surface area contributed by atoms with Gasteiger partial charge >= 0.3 is 0 Å². The molecule has 0 aliphatic carbocycles. The third-order valence-electron chi connectivity index (χ3n) is 2.98. The molecule has 0 saturated heterocycles. The number of thioether (sulfide) groups is 1. The third kappa shape index (κ3) is 10.2. The largest absolute Gasteiger partial charge is 0.492 e. The van der Waals surface area contributed by atoms with Crippen molar-refractivity contribution in [2.75, 3.05) is 38.8 Å². The highest BCUT2D eigenvalue weighted by Crippen LogP contribution is 2.10. The molecular formula is C16H28IN3OS. The van der Waals surface area contributed by atoms with Crippen molar-refractivity contribution in [3.8, 4) is 5.75 Å². The van der Waals surface area contributed by atoms with E-state index in [2.05, 4.69) is 40.9 Å². The molecule has 0 aliphatic heterocycles. The average Bonchev–Trinajstić information content (AvgIpc) is 2.51. The molecule has 4 nitrogen and oxygen atoms in total. The number of nitrogens with one attached hydrogen (secondary N) is 2. The molecule has 0 fully saturated rings. The normalized spacial score (nSPS) is 10.8. The number of halogens is 1. The Labute approximate surface area is 155 Å². The van der Waals surface area contributed by atoms with Gasteiger partial charge in [-0.1, -0.05) is 17.7 Å². The van der Waals surface area contributed by atoms with Gasteiger partial charge in [-0.2, -0.15) is 11.8 Å². The quantitative estimate of drug-likeness (QED) is 0.269. The van der Waals surface area contributed by atoms with Crippen LogP contribution < -0.4 is 15.4 Å². The number of hydrogen-bond donors (Lipinski definition) is 2. The molecule has 6 heteroatoms. The van der Waals surface area contributed by atoms with Crippen molar-refractivity contribution < 1.29 is 4.74 Å². The predicted octanol–water partition coefficient (Wildman–Crippen LogP) is 3.30. The van der Waals surface area contributed by atoms with Gasteiger partial charge in [-0.05, 0) is 43.9 Å². The molecule has 126 valence electrons. The van der Waals surface area contributed by atoms with Crippen LogP contribution in [0, 0.1) is 6.92 Å². The number of aliphatic imine (C=N–C) groups is 1. The lowest BCUT2D eigenvalue weighted by atomic mass is 10.2. The molecule has 0 bridgehead atoms. The summed E-state index contributed by atoms with van der Waals surface area (Å²) in [5.41, 5.74) is 1.24. The predicted molar refractivity (Wildman–Crippen MR) is 109 cm³/mol. The zero-order chi connectivity index (χ0) is 15.3. The first-order chi connectivity index (χ1) is 10.3. The average molecular weight is 437 g/mol. The maximum absolute atomic E-state index is 5.67. The van der Waals surface area contributed by atoms with Crippen molar-refractivity contribution >= 4 is 41.7 Å². The maximum Gasteiger partial charge on any atom is 0.191 e. The monoisotopic (exact) mass is 437 g/mol. The Bertz CT molecular complexity index is 412. The molecule has 0 aromatic heterocycles. The number of unbranched alkanes of at least 4 members (excludes halogenated alkanes) is 1. The van der Waals surface area contributed by atoms with Crippen molar-refractivity contribution in [1.29, 1.82) is 0 Å². The first-order valence-electron chi connectivity index (χ1n) is 7.39. The van der Waals surface area contributed by atoms with Crippen LogP contribution in [0.1, 0.15) is 18.4 Å². The highest BCUT2D eigenvalue weighted by atomic mass is 127. The number of nitrogens with zero attached hydrogens (tertiary/aromatic N) is 1. The molecule has 0 radical (unpaired) electrons. The van der Waals surface area contributed by atoms with E-state index in [4.69, 9.17) is 4.74 Å². The molecule has 0 amide bonds. The minimum Gasteiger partial charge on any atom is -0.492 e. The summed E-state index contributed by atoms with van der Waals surface area (Å²) >= 11 is 1.89. The molecule has 1 aromatic rings. The first-order valence-corrected chi connectivity index (χ1v) is 8.78. The fraction of sp³-hybridized carbons (Fsp3) is 0.562. The van der Waals surface area contributed by atoms with Gasteiger partial charge in [-0.25, -0.2) is 0 Å². The fourth-order valence-electron chi connectivity index (χ4n) is 1.77. The number of hydrogen-bond acceptors (Lipinski definition) is 3. The Morgan fingerprint density at radius 1 is 1.14 bits per heavy atom. The number of rotatable bonds is 9. The van der Waals surface area contributed by atoms with E-state index in [0.29, 0.717) is 6.61 Å². The van der Waals surface area contributed by atoms with Crippen molar-refractivity contribution in [3.63, 3.8) is 0 Å². The van der Waals surface area contributed by atoms with Crippen LogP contribution in [0.3, 0.4) is 0 Å². The van der Waals surface area contributed by atoms with Crippen LogP contribution in [0.15, 0.2) is 29.3 Å². The Morgan fingerprint density at radius 3 is 2.45 bits per heavy atom.